The van der Waals surface area contributed by atoms with Crippen LogP contribution in [0.25, 0.3) is 0 Å². The number of hydrazone groups is 1. The van der Waals surface area contributed by atoms with Crippen LogP contribution in [0.4, 0.5) is 0 Å². The number of hydrogen-bond donors (Lipinski definition) is 1. The van der Waals surface area contributed by atoms with E-state index in [4.69, 9.17) is 17.0 Å². The van der Waals surface area contributed by atoms with Crippen LogP contribution in [0.5, 0.6) is 5.75 Å². The van der Waals surface area contributed by atoms with E-state index in [1.54, 1.807) is 6.20 Å². The van der Waals surface area contributed by atoms with Gasteiger partial charge in [-0.2, -0.15) is 5.10 Å². The lowest BCUT2D eigenvalue weighted by atomic mass is 10.1. The average molecular weight is 345 g/mol. The molecule has 1 saturated heterocycles. The van der Waals surface area contributed by atoms with Gasteiger partial charge in [0.1, 0.15) is 11.4 Å². The lowest BCUT2D eigenvalue weighted by Gasteiger charge is -2.35. The summed E-state index contributed by atoms with van der Waals surface area (Å²) >= 11 is 5.52. The molecule has 1 saturated carbocycles. The second-order valence-corrected chi connectivity index (χ2v) is 7.02. The first kappa shape index (κ1) is 15.8. The van der Waals surface area contributed by atoms with Crippen molar-refractivity contribution in [3.8, 4) is 5.75 Å². The number of thiocarbonyl (C=S) groups is 1. The SMILES string of the molecule is Cc1ccnc2c1OCC/C2=N/NC(=S)N1CCN(C2CC2)CC1. The van der Waals surface area contributed by atoms with E-state index in [2.05, 4.69) is 25.3 Å². The van der Waals surface area contributed by atoms with E-state index >= 15 is 0 Å². The fourth-order valence-electron chi connectivity index (χ4n) is 3.33. The van der Waals surface area contributed by atoms with Crippen molar-refractivity contribution in [2.24, 2.45) is 5.10 Å². The number of aromatic nitrogens is 1. The number of piperazine rings is 1. The molecule has 6 nitrogen and oxygen atoms in total. The molecule has 0 spiro atoms. The first-order valence-electron chi connectivity index (χ1n) is 8.66. The largest absolute Gasteiger partial charge is 0.491 e. The Morgan fingerprint density at radius 3 is 2.88 bits per heavy atom. The Kier molecular flexibility index (Phi) is 4.37. The summed E-state index contributed by atoms with van der Waals surface area (Å²) in [6.07, 6.45) is 5.27. The summed E-state index contributed by atoms with van der Waals surface area (Å²) in [4.78, 5) is 9.22. The third kappa shape index (κ3) is 3.23. The summed E-state index contributed by atoms with van der Waals surface area (Å²) in [5, 5.41) is 5.24. The smallest absolute Gasteiger partial charge is 0.189 e. The van der Waals surface area contributed by atoms with Crippen LogP contribution in [0.1, 0.15) is 30.5 Å². The molecule has 1 aromatic heterocycles. The Balaban J connectivity index is 1.39. The standard InChI is InChI=1S/C17H23N5OS/c1-12-4-6-18-15-14(5-11-23-16(12)15)19-20-17(24)22-9-7-21(8-10-22)13-2-3-13/h4,6,13H,2-3,5,7-11H2,1H3,(H,20,24)/b19-14-. The van der Waals surface area contributed by atoms with Gasteiger partial charge >= 0.3 is 0 Å². The van der Waals surface area contributed by atoms with E-state index in [-0.39, 0.29) is 0 Å². The van der Waals surface area contributed by atoms with Crippen molar-refractivity contribution in [2.75, 3.05) is 32.8 Å². The fraction of sp³-hybridized carbons (Fsp3) is 0.588. The molecular formula is C17H23N5OS. The van der Waals surface area contributed by atoms with Crippen molar-refractivity contribution >= 4 is 23.0 Å². The normalized spacial score (nSPS) is 22.9. The molecule has 0 amide bonds. The second kappa shape index (κ2) is 6.64. The van der Waals surface area contributed by atoms with Gasteiger partial charge in [0.25, 0.3) is 0 Å². The molecule has 2 fully saturated rings. The third-order valence-corrected chi connectivity index (χ3v) is 5.26. The molecule has 0 aromatic carbocycles. The highest BCUT2D eigenvalue weighted by Crippen LogP contribution is 2.28. The Morgan fingerprint density at radius 2 is 2.12 bits per heavy atom. The Hall–Kier alpha value is -1.73. The first-order valence-corrected chi connectivity index (χ1v) is 9.07. The molecule has 0 bridgehead atoms. The maximum absolute atomic E-state index is 5.73. The van der Waals surface area contributed by atoms with Crippen molar-refractivity contribution in [2.45, 2.75) is 32.2 Å². The van der Waals surface area contributed by atoms with Gasteiger partial charge in [0.15, 0.2) is 5.11 Å². The highest BCUT2D eigenvalue weighted by Gasteiger charge is 2.31. The molecule has 3 aliphatic rings. The molecule has 7 heteroatoms. The maximum Gasteiger partial charge on any atom is 0.189 e. The van der Waals surface area contributed by atoms with Crippen molar-refractivity contribution < 1.29 is 4.74 Å². The summed E-state index contributed by atoms with van der Waals surface area (Å²) in [7, 11) is 0. The van der Waals surface area contributed by atoms with E-state index in [0.717, 1.165) is 61.4 Å². The molecule has 128 valence electrons. The highest BCUT2D eigenvalue weighted by molar-refractivity contribution is 7.80. The zero-order chi connectivity index (χ0) is 16.5. The number of hydrogen-bond acceptors (Lipinski definition) is 5. The molecule has 1 N–H and O–H groups in total. The van der Waals surface area contributed by atoms with Crippen molar-refractivity contribution in [3.05, 3.63) is 23.5 Å². The van der Waals surface area contributed by atoms with Gasteiger partial charge in [-0.3, -0.25) is 15.3 Å². The van der Waals surface area contributed by atoms with E-state index in [1.807, 2.05) is 13.0 Å². The van der Waals surface area contributed by atoms with Gasteiger partial charge in [-0.15, -0.1) is 0 Å². The summed E-state index contributed by atoms with van der Waals surface area (Å²) in [6, 6.07) is 2.79. The van der Waals surface area contributed by atoms with E-state index in [9.17, 15) is 0 Å². The predicted octanol–water partition coefficient (Wildman–Crippen LogP) is 1.53. The minimum atomic E-state index is 0.632. The molecule has 1 aliphatic carbocycles. The summed E-state index contributed by atoms with van der Waals surface area (Å²) in [5.74, 6) is 0.841. The highest BCUT2D eigenvalue weighted by atomic mass is 32.1. The lowest BCUT2D eigenvalue weighted by molar-refractivity contribution is 0.173. The average Bonchev–Trinajstić information content (AvgIpc) is 3.45. The number of nitrogens with one attached hydrogen (secondary N) is 1. The van der Waals surface area contributed by atoms with Gasteiger partial charge in [0.2, 0.25) is 0 Å². The molecule has 0 radical (unpaired) electrons. The van der Waals surface area contributed by atoms with Gasteiger partial charge in [-0.05, 0) is 43.6 Å². The number of ether oxygens (including phenoxy) is 1. The van der Waals surface area contributed by atoms with Crippen LogP contribution in [0, 0.1) is 6.92 Å². The van der Waals surface area contributed by atoms with Crippen LogP contribution in [0.2, 0.25) is 0 Å². The molecular weight excluding hydrogens is 322 g/mol. The lowest BCUT2D eigenvalue weighted by Crippen LogP contribution is -2.51. The molecule has 0 atom stereocenters. The van der Waals surface area contributed by atoms with Crippen LogP contribution in [0.3, 0.4) is 0 Å². The van der Waals surface area contributed by atoms with Gasteiger partial charge in [0.05, 0.1) is 12.3 Å². The monoisotopic (exact) mass is 345 g/mol. The third-order valence-electron chi connectivity index (χ3n) is 4.91. The minimum absolute atomic E-state index is 0.632. The van der Waals surface area contributed by atoms with E-state index < -0.39 is 0 Å². The zero-order valence-electron chi connectivity index (χ0n) is 14.0. The van der Waals surface area contributed by atoms with Crippen molar-refractivity contribution in [3.63, 3.8) is 0 Å². The van der Waals surface area contributed by atoms with Crippen molar-refractivity contribution in [1.82, 2.24) is 20.2 Å². The number of pyridine rings is 1. The van der Waals surface area contributed by atoms with Crippen LogP contribution in [-0.2, 0) is 0 Å². The number of aryl methyl sites for hydroxylation is 1. The van der Waals surface area contributed by atoms with Crippen LogP contribution >= 0.6 is 12.2 Å². The Bertz CT molecular complexity index is 665. The van der Waals surface area contributed by atoms with E-state index in [1.165, 1.54) is 12.8 Å². The van der Waals surface area contributed by atoms with Crippen molar-refractivity contribution in [1.29, 1.82) is 0 Å². The van der Waals surface area contributed by atoms with E-state index in [0.29, 0.717) is 11.7 Å². The van der Waals surface area contributed by atoms with Gasteiger partial charge in [-0.1, -0.05) is 0 Å². The number of rotatable bonds is 2. The molecule has 0 unspecified atom stereocenters. The predicted molar refractivity (Wildman–Crippen MR) is 97.5 cm³/mol. The van der Waals surface area contributed by atoms with Gasteiger partial charge in [0, 0.05) is 44.8 Å². The summed E-state index contributed by atoms with van der Waals surface area (Å²) < 4.78 is 5.73. The zero-order valence-corrected chi connectivity index (χ0v) is 14.8. The number of nitrogens with zero attached hydrogens (tertiary/aromatic N) is 4. The Morgan fingerprint density at radius 1 is 1.33 bits per heavy atom. The fourth-order valence-corrected chi connectivity index (χ4v) is 3.55. The topological polar surface area (TPSA) is 53.0 Å². The van der Waals surface area contributed by atoms with Crippen LogP contribution in [-0.4, -0.2) is 64.4 Å². The van der Waals surface area contributed by atoms with Gasteiger partial charge < -0.3 is 9.64 Å². The molecule has 3 heterocycles. The first-order chi connectivity index (χ1) is 11.7. The molecule has 24 heavy (non-hydrogen) atoms. The van der Waals surface area contributed by atoms with Gasteiger partial charge in [-0.25, -0.2) is 0 Å². The minimum Gasteiger partial charge on any atom is -0.491 e. The molecule has 2 aliphatic heterocycles. The van der Waals surface area contributed by atoms with Crippen LogP contribution < -0.4 is 10.2 Å². The number of fused-ring (bicyclic) bond motifs is 1. The van der Waals surface area contributed by atoms with Crippen LogP contribution in [0.15, 0.2) is 17.4 Å². The Labute approximate surface area is 147 Å². The summed E-state index contributed by atoms with van der Waals surface area (Å²) in [5.41, 5.74) is 5.91. The quantitative estimate of drug-likeness (QED) is 0.648. The summed E-state index contributed by atoms with van der Waals surface area (Å²) in [6.45, 7) is 6.81. The second-order valence-electron chi connectivity index (χ2n) is 6.63. The molecule has 4 rings (SSSR count). The molecule has 1 aromatic rings. The maximum atomic E-state index is 5.73.